The predicted molar refractivity (Wildman–Crippen MR) is 338 cm³/mol. The van der Waals surface area contributed by atoms with Crippen LogP contribution in [0.4, 0.5) is 14.4 Å². The molecule has 0 unspecified atom stereocenters. The molecule has 10 fully saturated rings. The molecule has 6 aliphatic carbocycles. The molecule has 0 bridgehead atoms. The molecular formula is C67H96N12O8S. The van der Waals surface area contributed by atoms with Crippen LogP contribution in [-0.4, -0.2) is 236 Å². The lowest BCUT2D eigenvalue weighted by Crippen LogP contribution is -2.68. The zero-order chi connectivity index (χ0) is 62.6. The van der Waals surface area contributed by atoms with Crippen LogP contribution < -0.4 is 11.5 Å². The maximum absolute atomic E-state index is 13.6. The largest absolute Gasteiger partial charge is 0.368 e. The van der Waals surface area contributed by atoms with E-state index in [1.165, 1.54) is 74.5 Å². The van der Waals surface area contributed by atoms with Gasteiger partial charge in [-0.15, -0.1) is 0 Å². The number of hydrogen-bond acceptors (Lipinski definition) is 11. The molecule has 3 aromatic carbocycles. The van der Waals surface area contributed by atoms with Crippen LogP contribution in [0.15, 0.2) is 91.0 Å². The minimum absolute atomic E-state index is 0.00680. The average Bonchev–Trinajstić information content (AvgIpc) is 1.42. The molecule has 0 aromatic heterocycles. The maximum atomic E-state index is 13.6. The highest BCUT2D eigenvalue weighted by Crippen LogP contribution is 2.60. The van der Waals surface area contributed by atoms with Gasteiger partial charge in [0.1, 0.15) is 19.6 Å². The molecule has 4 heterocycles. The highest BCUT2D eigenvalue weighted by molar-refractivity contribution is 7.91. The first-order valence-corrected chi connectivity index (χ1v) is 34.1. The number of nitrogens with zero attached hydrogens (tertiary/aromatic N) is 10. The Kier molecular flexibility index (Phi) is 17.6. The highest BCUT2D eigenvalue weighted by Gasteiger charge is 2.68. The minimum atomic E-state index is -3.05. The molecule has 20 nitrogen and oxygen atoms in total. The van der Waals surface area contributed by atoms with Gasteiger partial charge in [0.2, 0.25) is 17.7 Å². The number of hydrogen-bond donors (Lipinski definition) is 2. The first-order chi connectivity index (χ1) is 41.9. The van der Waals surface area contributed by atoms with Crippen molar-refractivity contribution in [2.24, 2.45) is 29.2 Å². The topological polar surface area (TPSA) is 221 Å². The number of sulfone groups is 1. The highest BCUT2D eigenvalue weighted by atomic mass is 32.2. The van der Waals surface area contributed by atoms with Crippen molar-refractivity contribution in [2.75, 3.05) is 126 Å². The minimum Gasteiger partial charge on any atom is -0.368 e. The number of nitrogens with two attached hydrogens (primary N) is 2. The van der Waals surface area contributed by atoms with E-state index >= 15 is 0 Å². The SMILES string of the molecule is CN(C)C1(c2ccccc2)CC2(CN(CC(=O)N3CCS(=O)(=O)CC3)C(=O)N2CC2CCC2)C1.CN(C)C1(c2ccccc2)CC2(CN(CC(N)=O)C(=O)N2CC2CCC2)C1.CN(C)C1(c2ccccc2)CC2(CN(CC(N)=O)C(=O)N2CC2CCC2)C1. The van der Waals surface area contributed by atoms with Crippen LogP contribution in [-0.2, 0) is 40.8 Å². The van der Waals surface area contributed by atoms with E-state index in [0.717, 1.165) is 58.2 Å². The Bertz CT molecular complexity index is 3020. The Morgan fingerprint density at radius 3 is 0.966 bits per heavy atom. The molecule has 6 saturated carbocycles. The molecule has 9 amide bonds. The quantitative estimate of drug-likeness (QED) is 0.156. The fourth-order valence-corrected chi connectivity index (χ4v) is 18.0. The third-order valence-electron chi connectivity index (χ3n) is 22.6. The third kappa shape index (κ3) is 11.8. The normalized spacial score (nSPS) is 30.9. The van der Waals surface area contributed by atoms with Gasteiger partial charge >= 0.3 is 18.1 Å². The van der Waals surface area contributed by atoms with Crippen LogP contribution in [0.2, 0.25) is 0 Å². The van der Waals surface area contributed by atoms with Crippen LogP contribution in [0.25, 0.3) is 0 Å². The van der Waals surface area contributed by atoms with E-state index in [4.69, 9.17) is 11.5 Å². The van der Waals surface area contributed by atoms with Gasteiger partial charge in [0.25, 0.3) is 0 Å². The molecule has 0 radical (unpaired) electrons. The zero-order valence-electron chi connectivity index (χ0n) is 53.0. The lowest BCUT2D eigenvalue weighted by molar-refractivity contribution is -0.131. The number of benzene rings is 3. The number of carbonyl (C=O) groups is 6. The standard InChI is InChI=1S/C25H36N4O4S.2C21H30N4O2/c1-26(2)25(21-9-4-3-5-10-21)17-24(18-25)19-28(23(31)29(24)15-20-7-6-8-20)16-22(30)27-11-13-34(32,33)14-12-27;2*1-23(2)21(17-9-4-3-5-10-17)13-20(14-21)15-24(12-18(22)26)19(27)25(20)11-16-7-6-8-16/h3-5,9-10,20H,6-8,11-19H2,1-2H3;2*3-5,9-10,16H,6-8,11-15H2,1-2H3,(H2,22,26). The van der Waals surface area contributed by atoms with E-state index in [9.17, 15) is 37.2 Å². The van der Waals surface area contributed by atoms with Crippen molar-refractivity contribution >= 4 is 45.7 Å². The molecule has 3 spiro atoms. The van der Waals surface area contributed by atoms with Gasteiger partial charge in [-0.1, -0.05) is 110 Å². The second-order valence-electron chi connectivity index (χ2n) is 28.7. The third-order valence-corrected chi connectivity index (χ3v) is 24.2. The molecule has 88 heavy (non-hydrogen) atoms. The van der Waals surface area contributed by atoms with Crippen LogP contribution in [0, 0.1) is 17.8 Å². The number of carbonyl (C=O) groups excluding carboxylic acids is 6. The molecular weight excluding hydrogens is 1130 g/mol. The zero-order valence-corrected chi connectivity index (χ0v) is 53.8. The summed E-state index contributed by atoms with van der Waals surface area (Å²) in [5.41, 5.74) is 13.8. The molecule has 4 N–H and O–H groups in total. The average molecular weight is 1230 g/mol. The van der Waals surface area contributed by atoms with E-state index in [-0.39, 0.29) is 101 Å². The second kappa shape index (κ2) is 24.5. The van der Waals surface area contributed by atoms with Crippen LogP contribution in [0.3, 0.4) is 0 Å². The second-order valence-corrected chi connectivity index (χ2v) is 31.0. The van der Waals surface area contributed by atoms with Gasteiger partial charge < -0.3 is 45.8 Å². The van der Waals surface area contributed by atoms with Crippen molar-refractivity contribution in [3.05, 3.63) is 108 Å². The van der Waals surface area contributed by atoms with Gasteiger partial charge in [-0.2, -0.15) is 0 Å². The van der Waals surface area contributed by atoms with E-state index in [1.807, 2.05) is 18.2 Å². The van der Waals surface area contributed by atoms with Gasteiger partial charge in [0, 0.05) is 52.4 Å². The molecule has 10 aliphatic rings. The van der Waals surface area contributed by atoms with Crippen molar-refractivity contribution in [3.8, 4) is 0 Å². The fraction of sp³-hybridized carbons (Fsp3) is 0.642. The van der Waals surface area contributed by atoms with Crippen molar-refractivity contribution in [1.82, 2.24) is 49.0 Å². The van der Waals surface area contributed by atoms with Crippen LogP contribution in [0.5, 0.6) is 0 Å². The molecule has 4 saturated heterocycles. The Hall–Kier alpha value is -6.29. The maximum Gasteiger partial charge on any atom is 0.321 e. The smallest absolute Gasteiger partial charge is 0.321 e. The monoisotopic (exact) mass is 1230 g/mol. The summed E-state index contributed by atoms with van der Waals surface area (Å²) in [6.45, 7) is 4.65. The summed E-state index contributed by atoms with van der Waals surface area (Å²) in [5, 5.41) is 0. The van der Waals surface area contributed by atoms with Gasteiger partial charge in [0.05, 0.1) is 44.7 Å². The molecule has 4 aliphatic heterocycles. The molecule has 0 atom stereocenters. The lowest BCUT2D eigenvalue weighted by atomic mass is 9.58. The number of primary amides is 2. The van der Waals surface area contributed by atoms with Crippen molar-refractivity contribution in [1.29, 1.82) is 0 Å². The number of urea groups is 3. The first kappa shape index (κ1) is 63.3. The Labute approximate surface area is 521 Å². The lowest BCUT2D eigenvalue weighted by Gasteiger charge is -2.61. The van der Waals surface area contributed by atoms with Gasteiger partial charge in [-0.05, 0) is 154 Å². The predicted octanol–water partition coefficient (Wildman–Crippen LogP) is 5.77. The van der Waals surface area contributed by atoms with E-state index in [1.54, 1.807) is 19.6 Å². The summed E-state index contributed by atoms with van der Waals surface area (Å²) >= 11 is 0. The Morgan fingerprint density at radius 1 is 0.455 bits per heavy atom. The van der Waals surface area contributed by atoms with Gasteiger partial charge in [0.15, 0.2) is 9.84 Å². The molecule has 478 valence electrons. The van der Waals surface area contributed by atoms with E-state index in [0.29, 0.717) is 37.4 Å². The fourth-order valence-electron chi connectivity index (χ4n) is 16.8. The van der Waals surface area contributed by atoms with Crippen LogP contribution >= 0.6 is 0 Å². The van der Waals surface area contributed by atoms with E-state index < -0.39 is 21.7 Å². The molecule has 3 aromatic rings. The number of rotatable bonds is 18. The summed E-state index contributed by atoms with van der Waals surface area (Å²) in [6, 6.07) is 31.6. The Morgan fingerprint density at radius 2 is 0.727 bits per heavy atom. The summed E-state index contributed by atoms with van der Waals surface area (Å²) in [4.78, 5) is 95.4. The van der Waals surface area contributed by atoms with Gasteiger partial charge in [-0.25, -0.2) is 22.8 Å². The summed E-state index contributed by atoms with van der Waals surface area (Å²) in [6.07, 6.45) is 16.2. The summed E-state index contributed by atoms with van der Waals surface area (Å²) in [5.74, 6) is 0.742. The Balaban J connectivity index is 0.000000138. The summed E-state index contributed by atoms with van der Waals surface area (Å²) < 4.78 is 23.5. The number of amides is 9. The molecule has 13 rings (SSSR count). The van der Waals surface area contributed by atoms with Crippen LogP contribution in [0.1, 0.15) is 113 Å². The van der Waals surface area contributed by atoms with Crippen molar-refractivity contribution in [2.45, 2.75) is 130 Å². The summed E-state index contributed by atoms with van der Waals surface area (Å²) in [7, 11) is 9.64. The van der Waals surface area contributed by atoms with Crippen molar-refractivity contribution < 1.29 is 37.2 Å². The first-order valence-electron chi connectivity index (χ1n) is 32.3. The van der Waals surface area contributed by atoms with Crippen molar-refractivity contribution in [3.63, 3.8) is 0 Å². The van der Waals surface area contributed by atoms with Gasteiger partial charge in [-0.3, -0.25) is 29.1 Å². The van der Waals surface area contributed by atoms with E-state index in [2.05, 4.69) is 144 Å². The molecule has 21 heteroatoms.